The summed E-state index contributed by atoms with van der Waals surface area (Å²) in [5.41, 5.74) is 9.74. The molecule has 0 bridgehead atoms. The fourth-order valence-corrected chi connectivity index (χ4v) is 4.53. The Morgan fingerprint density at radius 1 is 0.893 bits per heavy atom. The summed E-state index contributed by atoms with van der Waals surface area (Å²) < 4.78 is 0. The molecule has 3 nitrogen and oxygen atoms in total. The monoisotopic (exact) mass is 411 g/mol. The molecule has 0 spiro atoms. The summed E-state index contributed by atoms with van der Waals surface area (Å²) in [5, 5.41) is -0.237. The lowest BCUT2D eigenvalue weighted by molar-refractivity contribution is -0.123. The SMILES string of the molecule is C=Cc1cccc(CSC(=O)C(CCN)C(=O)SCc2cccc(C=C)c2)c1. The minimum Gasteiger partial charge on any atom is -0.330 e. The van der Waals surface area contributed by atoms with Gasteiger partial charge in [-0.2, -0.15) is 0 Å². The molecule has 0 amide bonds. The van der Waals surface area contributed by atoms with Crippen LogP contribution in [0.4, 0.5) is 0 Å². The highest BCUT2D eigenvalue weighted by molar-refractivity contribution is 8.15. The van der Waals surface area contributed by atoms with Gasteiger partial charge in [-0.05, 0) is 35.2 Å². The highest BCUT2D eigenvalue weighted by atomic mass is 32.2. The lowest BCUT2D eigenvalue weighted by Crippen LogP contribution is -2.23. The molecule has 0 aromatic heterocycles. The van der Waals surface area contributed by atoms with Crippen molar-refractivity contribution < 1.29 is 9.59 Å². The van der Waals surface area contributed by atoms with E-state index in [-0.39, 0.29) is 10.2 Å². The second-order valence-corrected chi connectivity index (χ2v) is 8.20. The second-order valence-electron chi connectivity index (χ2n) is 6.24. The maximum atomic E-state index is 12.7. The molecule has 0 heterocycles. The van der Waals surface area contributed by atoms with Crippen molar-refractivity contribution in [3.05, 3.63) is 83.9 Å². The number of carbonyl (C=O) groups excluding carboxylic acids is 2. The van der Waals surface area contributed by atoms with Crippen LogP contribution in [0, 0.1) is 5.92 Å². The van der Waals surface area contributed by atoms with Crippen molar-refractivity contribution in [2.24, 2.45) is 11.7 Å². The quantitative estimate of drug-likeness (QED) is 0.547. The van der Waals surface area contributed by atoms with Gasteiger partial charge in [-0.1, -0.05) is 97.4 Å². The third-order valence-electron chi connectivity index (χ3n) is 4.16. The largest absolute Gasteiger partial charge is 0.330 e. The normalized spacial score (nSPS) is 10.6. The molecule has 0 aliphatic rings. The van der Waals surface area contributed by atoms with Crippen LogP contribution in [0.3, 0.4) is 0 Å². The molecule has 0 fully saturated rings. The Labute approximate surface area is 175 Å². The smallest absolute Gasteiger partial charge is 0.200 e. The number of hydrogen-bond donors (Lipinski definition) is 1. The first kappa shape index (κ1) is 22.2. The van der Waals surface area contributed by atoms with E-state index in [1.165, 1.54) is 23.5 Å². The van der Waals surface area contributed by atoms with E-state index >= 15 is 0 Å². The van der Waals surface area contributed by atoms with Crippen LogP contribution in [-0.2, 0) is 21.1 Å². The van der Waals surface area contributed by atoms with Crippen LogP contribution >= 0.6 is 23.5 Å². The lowest BCUT2D eigenvalue weighted by atomic mass is 10.1. The molecule has 0 atom stereocenters. The predicted molar refractivity (Wildman–Crippen MR) is 123 cm³/mol. The van der Waals surface area contributed by atoms with Crippen molar-refractivity contribution in [3.8, 4) is 0 Å². The molecule has 2 aromatic carbocycles. The Morgan fingerprint density at radius 2 is 1.36 bits per heavy atom. The summed E-state index contributed by atoms with van der Waals surface area (Å²) in [6.07, 6.45) is 3.92. The van der Waals surface area contributed by atoms with Crippen molar-refractivity contribution in [1.29, 1.82) is 0 Å². The van der Waals surface area contributed by atoms with Gasteiger partial charge in [0.25, 0.3) is 0 Å². The van der Waals surface area contributed by atoms with E-state index in [0.29, 0.717) is 24.5 Å². The van der Waals surface area contributed by atoms with Gasteiger partial charge >= 0.3 is 0 Å². The molecule has 0 unspecified atom stereocenters. The van der Waals surface area contributed by atoms with Gasteiger partial charge in [0, 0.05) is 11.5 Å². The molecule has 0 saturated carbocycles. The van der Waals surface area contributed by atoms with E-state index in [0.717, 1.165) is 22.3 Å². The number of carbonyl (C=O) groups is 2. The first-order valence-corrected chi connectivity index (χ1v) is 11.0. The van der Waals surface area contributed by atoms with Crippen molar-refractivity contribution in [1.82, 2.24) is 0 Å². The Kier molecular flexibility index (Phi) is 9.28. The van der Waals surface area contributed by atoms with E-state index in [1.807, 2.05) is 48.5 Å². The van der Waals surface area contributed by atoms with Gasteiger partial charge in [0.2, 0.25) is 10.2 Å². The average Bonchev–Trinajstić information content (AvgIpc) is 2.74. The molecular formula is C23H25NO2S2. The molecule has 0 radical (unpaired) electrons. The third-order valence-corrected chi connectivity index (χ3v) is 6.25. The van der Waals surface area contributed by atoms with Gasteiger partial charge in [0.05, 0.1) is 5.92 Å². The molecule has 5 heteroatoms. The first-order chi connectivity index (χ1) is 13.6. The molecule has 2 N–H and O–H groups in total. The van der Waals surface area contributed by atoms with E-state index in [9.17, 15) is 9.59 Å². The van der Waals surface area contributed by atoms with Gasteiger partial charge in [0.15, 0.2) is 0 Å². The zero-order valence-electron chi connectivity index (χ0n) is 15.8. The topological polar surface area (TPSA) is 60.2 Å². The van der Waals surface area contributed by atoms with Crippen LogP contribution in [0.25, 0.3) is 12.2 Å². The van der Waals surface area contributed by atoms with Gasteiger partial charge in [-0.15, -0.1) is 0 Å². The van der Waals surface area contributed by atoms with Crippen LogP contribution in [0.15, 0.2) is 61.7 Å². The summed E-state index contributed by atoms with van der Waals surface area (Å²) in [5.74, 6) is 0.382. The number of rotatable bonds is 10. The highest BCUT2D eigenvalue weighted by Gasteiger charge is 2.26. The van der Waals surface area contributed by atoms with Gasteiger partial charge in [-0.25, -0.2) is 0 Å². The molecule has 0 aliphatic heterocycles. The maximum absolute atomic E-state index is 12.7. The van der Waals surface area contributed by atoms with Crippen molar-refractivity contribution >= 4 is 45.9 Å². The summed E-state index contributed by atoms with van der Waals surface area (Å²) in [7, 11) is 0. The fraction of sp³-hybridized carbons (Fsp3) is 0.217. The number of hydrogen-bond acceptors (Lipinski definition) is 5. The maximum Gasteiger partial charge on any atom is 0.200 e. The van der Waals surface area contributed by atoms with Crippen LogP contribution in [0.5, 0.6) is 0 Å². The molecule has 2 rings (SSSR count). The number of benzene rings is 2. The number of nitrogens with two attached hydrogens (primary N) is 1. The van der Waals surface area contributed by atoms with E-state index in [4.69, 9.17) is 5.73 Å². The number of thioether (sulfide) groups is 2. The van der Waals surface area contributed by atoms with Crippen molar-refractivity contribution in [3.63, 3.8) is 0 Å². The van der Waals surface area contributed by atoms with Crippen LogP contribution in [0.2, 0.25) is 0 Å². The molecule has 0 aliphatic carbocycles. The second kappa shape index (κ2) is 11.7. The minimum absolute atomic E-state index is 0.119. The van der Waals surface area contributed by atoms with Crippen LogP contribution in [-0.4, -0.2) is 16.8 Å². The van der Waals surface area contributed by atoms with Gasteiger partial charge in [-0.3, -0.25) is 9.59 Å². The lowest BCUT2D eigenvalue weighted by Gasteiger charge is -2.13. The zero-order chi connectivity index (χ0) is 20.4. The average molecular weight is 412 g/mol. The van der Waals surface area contributed by atoms with Crippen LogP contribution in [0.1, 0.15) is 28.7 Å². The zero-order valence-corrected chi connectivity index (χ0v) is 17.4. The first-order valence-electron chi connectivity index (χ1n) is 9.03. The van der Waals surface area contributed by atoms with Crippen molar-refractivity contribution in [2.45, 2.75) is 17.9 Å². The molecular weight excluding hydrogens is 386 g/mol. The summed E-state index contributed by atoms with van der Waals surface area (Å²) in [6, 6.07) is 15.7. The molecule has 2 aromatic rings. The van der Waals surface area contributed by atoms with Gasteiger partial charge < -0.3 is 5.73 Å². The molecule has 146 valence electrons. The Balaban J connectivity index is 1.95. The Morgan fingerprint density at radius 3 is 1.75 bits per heavy atom. The van der Waals surface area contributed by atoms with Gasteiger partial charge in [0.1, 0.15) is 0 Å². The molecule has 0 saturated heterocycles. The van der Waals surface area contributed by atoms with Crippen LogP contribution < -0.4 is 5.73 Å². The fourth-order valence-electron chi connectivity index (χ4n) is 2.63. The standard InChI is InChI=1S/C23H25NO2S2/c1-3-17-7-5-9-19(13-17)15-27-22(25)21(11-12-24)23(26)28-16-20-10-6-8-18(4-2)14-20/h3-10,13-14,21H,1-2,11-12,15-16,24H2. The minimum atomic E-state index is -0.676. The Bertz CT molecular complexity index is 781. The van der Waals surface area contributed by atoms with E-state index in [2.05, 4.69) is 13.2 Å². The molecule has 28 heavy (non-hydrogen) atoms. The Hall–Kier alpha value is -2.08. The summed E-state index contributed by atoms with van der Waals surface area (Å²) in [4.78, 5) is 25.3. The van der Waals surface area contributed by atoms with E-state index in [1.54, 1.807) is 12.2 Å². The summed E-state index contributed by atoms with van der Waals surface area (Å²) >= 11 is 2.35. The predicted octanol–water partition coefficient (Wildman–Crippen LogP) is 5.16. The van der Waals surface area contributed by atoms with Crippen molar-refractivity contribution in [2.75, 3.05) is 6.54 Å². The van der Waals surface area contributed by atoms with E-state index < -0.39 is 5.92 Å². The third kappa shape index (κ3) is 6.82. The highest BCUT2D eigenvalue weighted by Crippen LogP contribution is 2.26. The summed E-state index contributed by atoms with van der Waals surface area (Å²) in [6.45, 7) is 7.82.